The summed E-state index contributed by atoms with van der Waals surface area (Å²) >= 11 is 0. The standard InChI is InChI=1S/C12H12N2OS/c13-10-6-8-12(9-7-10)16(14,15)11-4-2-1-3-5-11/h1-9,14H,13H2. The van der Waals surface area contributed by atoms with Crippen LogP contribution in [-0.2, 0) is 9.73 Å². The van der Waals surface area contributed by atoms with Gasteiger partial charge in [-0.25, -0.2) is 8.99 Å². The van der Waals surface area contributed by atoms with Crippen LogP contribution in [0.3, 0.4) is 0 Å². The summed E-state index contributed by atoms with van der Waals surface area (Å²) < 4.78 is 20.3. The Morgan fingerprint density at radius 1 is 0.875 bits per heavy atom. The summed E-state index contributed by atoms with van der Waals surface area (Å²) in [6.07, 6.45) is 0. The van der Waals surface area contributed by atoms with Gasteiger partial charge in [0.2, 0.25) is 0 Å². The van der Waals surface area contributed by atoms with Gasteiger partial charge in [-0.3, -0.25) is 0 Å². The van der Waals surface area contributed by atoms with Crippen LogP contribution in [0.5, 0.6) is 0 Å². The van der Waals surface area contributed by atoms with Crippen molar-refractivity contribution in [2.45, 2.75) is 9.79 Å². The Labute approximate surface area is 94.9 Å². The van der Waals surface area contributed by atoms with Gasteiger partial charge in [-0.1, -0.05) is 18.2 Å². The van der Waals surface area contributed by atoms with Crippen molar-refractivity contribution in [3.05, 3.63) is 54.6 Å². The largest absolute Gasteiger partial charge is 0.399 e. The van der Waals surface area contributed by atoms with Gasteiger partial charge in [0, 0.05) is 5.69 Å². The highest BCUT2D eigenvalue weighted by Crippen LogP contribution is 2.21. The van der Waals surface area contributed by atoms with Gasteiger partial charge in [0.25, 0.3) is 0 Å². The van der Waals surface area contributed by atoms with E-state index in [1.54, 1.807) is 48.5 Å². The van der Waals surface area contributed by atoms with Crippen molar-refractivity contribution in [3.8, 4) is 0 Å². The number of nitrogen functional groups attached to an aromatic ring is 1. The molecule has 0 aliphatic rings. The van der Waals surface area contributed by atoms with Gasteiger partial charge >= 0.3 is 0 Å². The van der Waals surface area contributed by atoms with Gasteiger partial charge in [-0.2, -0.15) is 0 Å². The Morgan fingerprint density at radius 2 is 1.38 bits per heavy atom. The molecule has 0 spiro atoms. The number of anilines is 1. The van der Waals surface area contributed by atoms with Crippen molar-refractivity contribution in [2.24, 2.45) is 0 Å². The molecule has 0 amide bonds. The van der Waals surface area contributed by atoms with Crippen molar-refractivity contribution < 1.29 is 4.21 Å². The first-order valence-corrected chi connectivity index (χ1v) is 6.36. The first kappa shape index (κ1) is 10.7. The SMILES string of the molecule is N=S(=O)(c1ccccc1)c1ccc(N)cc1. The van der Waals surface area contributed by atoms with Crippen LogP contribution < -0.4 is 5.73 Å². The van der Waals surface area contributed by atoms with Gasteiger partial charge in [-0.05, 0) is 36.4 Å². The first-order valence-electron chi connectivity index (χ1n) is 4.80. The van der Waals surface area contributed by atoms with E-state index in [0.29, 0.717) is 15.5 Å². The van der Waals surface area contributed by atoms with E-state index in [9.17, 15) is 4.21 Å². The van der Waals surface area contributed by atoms with Gasteiger partial charge in [-0.15, -0.1) is 0 Å². The molecule has 1 atom stereocenters. The van der Waals surface area contributed by atoms with E-state index in [2.05, 4.69) is 0 Å². The summed E-state index contributed by atoms with van der Waals surface area (Å²) in [6.45, 7) is 0. The smallest absolute Gasteiger partial charge is 0.101 e. The monoisotopic (exact) mass is 232 g/mol. The minimum Gasteiger partial charge on any atom is -0.399 e. The molecule has 0 saturated heterocycles. The highest BCUT2D eigenvalue weighted by molar-refractivity contribution is 7.92. The Hall–Kier alpha value is -1.81. The molecular weight excluding hydrogens is 220 g/mol. The molecule has 1 unspecified atom stereocenters. The summed E-state index contributed by atoms with van der Waals surface area (Å²) in [4.78, 5) is 0.993. The fourth-order valence-corrected chi connectivity index (χ4v) is 2.74. The Kier molecular flexibility index (Phi) is 2.66. The third kappa shape index (κ3) is 1.92. The van der Waals surface area contributed by atoms with Crippen molar-refractivity contribution in [3.63, 3.8) is 0 Å². The second-order valence-electron chi connectivity index (χ2n) is 3.44. The van der Waals surface area contributed by atoms with Crippen LogP contribution in [0.4, 0.5) is 5.69 Å². The quantitative estimate of drug-likeness (QED) is 0.782. The maximum atomic E-state index is 12.3. The van der Waals surface area contributed by atoms with Crippen LogP contribution in [0.25, 0.3) is 0 Å². The molecule has 16 heavy (non-hydrogen) atoms. The zero-order chi connectivity index (χ0) is 11.6. The normalized spacial score (nSPS) is 14.2. The van der Waals surface area contributed by atoms with Gasteiger partial charge in [0.05, 0.1) is 9.79 Å². The van der Waals surface area contributed by atoms with Gasteiger partial charge in [0.15, 0.2) is 0 Å². The first-order chi connectivity index (χ1) is 7.60. The number of benzene rings is 2. The summed E-state index contributed by atoms with van der Waals surface area (Å²) in [7, 11) is -2.91. The Morgan fingerprint density at radius 3 is 1.94 bits per heavy atom. The average molecular weight is 232 g/mol. The fraction of sp³-hybridized carbons (Fsp3) is 0. The third-order valence-corrected chi connectivity index (χ3v) is 4.16. The lowest BCUT2D eigenvalue weighted by Crippen LogP contribution is -1.99. The minimum absolute atomic E-state index is 0.480. The van der Waals surface area contributed by atoms with E-state index in [-0.39, 0.29) is 0 Å². The molecule has 3 N–H and O–H groups in total. The molecular formula is C12H12N2OS. The molecule has 0 aliphatic heterocycles. The summed E-state index contributed by atoms with van der Waals surface area (Å²) in [5, 5.41) is 0. The van der Waals surface area contributed by atoms with E-state index in [1.807, 2.05) is 6.07 Å². The summed E-state index contributed by atoms with van der Waals surface area (Å²) in [5.74, 6) is 0. The average Bonchev–Trinajstić information content (AvgIpc) is 2.31. The zero-order valence-electron chi connectivity index (χ0n) is 8.59. The number of nitrogens with one attached hydrogen (secondary N) is 1. The molecule has 2 rings (SSSR count). The molecule has 0 heterocycles. The summed E-state index contributed by atoms with van der Waals surface area (Å²) in [5.41, 5.74) is 6.16. The number of hydrogen-bond donors (Lipinski definition) is 2. The Bertz CT molecular complexity index is 574. The minimum atomic E-state index is -2.91. The fourth-order valence-electron chi connectivity index (χ4n) is 1.41. The van der Waals surface area contributed by atoms with Crippen LogP contribution >= 0.6 is 0 Å². The van der Waals surface area contributed by atoms with Gasteiger partial charge in [0.1, 0.15) is 9.73 Å². The highest BCUT2D eigenvalue weighted by Gasteiger charge is 2.11. The van der Waals surface area contributed by atoms with Crippen molar-refractivity contribution in [1.29, 1.82) is 4.78 Å². The lowest BCUT2D eigenvalue weighted by molar-refractivity contribution is 0.674. The van der Waals surface area contributed by atoms with Gasteiger partial charge < -0.3 is 5.73 Å². The number of nitrogens with two attached hydrogens (primary N) is 1. The molecule has 0 aromatic heterocycles. The van der Waals surface area contributed by atoms with Crippen LogP contribution in [0.15, 0.2) is 64.4 Å². The van der Waals surface area contributed by atoms with Crippen LogP contribution in [0, 0.1) is 4.78 Å². The van der Waals surface area contributed by atoms with Crippen molar-refractivity contribution >= 4 is 15.4 Å². The maximum absolute atomic E-state index is 12.3. The zero-order valence-corrected chi connectivity index (χ0v) is 9.41. The van der Waals surface area contributed by atoms with E-state index in [1.165, 1.54) is 0 Å². The molecule has 0 bridgehead atoms. The molecule has 2 aromatic carbocycles. The van der Waals surface area contributed by atoms with Crippen molar-refractivity contribution in [1.82, 2.24) is 0 Å². The molecule has 4 heteroatoms. The highest BCUT2D eigenvalue weighted by atomic mass is 32.2. The second kappa shape index (κ2) is 3.98. The van der Waals surface area contributed by atoms with Crippen LogP contribution in [0.2, 0.25) is 0 Å². The lowest BCUT2D eigenvalue weighted by Gasteiger charge is -2.07. The van der Waals surface area contributed by atoms with E-state index < -0.39 is 9.73 Å². The predicted molar refractivity (Wildman–Crippen MR) is 64.7 cm³/mol. The second-order valence-corrected chi connectivity index (χ2v) is 5.49. The lowest BCUT2D eigenvalue weighted by atomic mass is 10.3. The van der Waals surface area contributed by atoms with Crippen LogP contribution in [-0.4, -0.2) is 4.21 Å². The predicted octanol–water partition coefficient (Wildman–Crippen LogP) is 2.73. The third-order valence-electron chi connectivity index (χ3n) is 2.29. The number of rotatable bonds is 2. The maximum Gasteiger partial charge on any atom is 0.101 e. The topological polar surface area (TPSA) is 66.9 Å². The van der Waals surface area contributed by atoms with Crippen LogP contribution in [0.1, 0.15) is 0 Å². The molecule has 0 radical (unpaired) electrons. The molecule has 0 fully saturated rings. The summed E-state index contributed by atoms with van der Waals surface area (Å²) in [6, 6.07) is 15.4. The molecule has 0 aliphatic carbocycles. The van der Waals surface area contributed by atoms with E-state index in [4.69, 9.17) is 10.5 Å². The molecule has 82 valence electrons. The van der Waals surface area contributed by atoms with E-state index in [0.717, 1.165) is 0 Å². The molecule has 0 saturated carbocycles. The molecule has 3 nitrogen and oxygen atoms in total. The van der Waals surface area contributed by atoms with E-state index >= 15 is 0 Å². The molecule has 2 aromatic rings. The Balaban J connectivity index is 2.52. The number of hydrogen-bond acceptors (Lipinski definition) is 3. The van der Waals surface area contributed by atoms with Crippen molar-refractivity contribution in [2.75, 3.05) is 5.73 Å².